The van der Waals surface area contributed by atoms with Crippen molar-refractivity contribution in [1.82, 2.24) is 10.6 Å². The van der Waals surface area contributed by atoms with Gasteiger partial charge in [0.2, 0.25) is 0 Å². The summed E-state index contributed by atoms with van der Waals surface area (Å²) in [6.07, 6.45) is 0.616. The van der Waals surface area contributed by atoms with Crippen LogP contribution in [0.25, 0.3) is 0 Å². The zero-order valence-corrected chi connectivity index (χ0v) is 15.9. The van der Waals surface area contributed by atoms with Crippen LogP contribution in [0, 0.1) is 0 Å². The van der Waals surface area contributed by atoms with Crippen LogP contribution in [0.1, 0.15) is 29.3 Å². The highest BCUT2D eigenvalue weighted by molar-refractivity contribution is 6.40. The Morgan fingerprint density at radius 2 is 1.61 bits per heavy atom. The topological polar surface area (TPSA) is 96.5 Å². The van der Waals surface area contributed by atoms with Gasteiger partial charge in [0.1, 0.15) is 0 Å². The molecule has 2 rings (SSSR count). The van der Waals surface area contributed by atoms with Gasteiger partial charge in [-0.05, 0) is 31.0 Å². The average Bonchev–Trinajstić information content (AvgIpc) is 2.72. The fourth-order valence-corrected chi connectivity index (χ4v) is 2.44. The molecule has 0 saturated heterocycles. The number of anilines is 1. The first kappa shape index (κ1) is 21.1. The molecule has 7 heteroatoms. The van der Waals surface area contributed by atoms with E-state index in [1.807, 2.05) is 37.3 Å². The van der Waals surface area contributed by atoms with E-state index in [0.29, 0.717) is 32.7 Å². The van der Waals surface area contributed by atoms with E-state index >= 15 is 0 Å². The van der Waals surface area contributed by atoms with Gasteiger partial charge >= 0.3 is 11.8 Å². The van der Waals surface area contributed by atoms with E-state index < -0.39 is 11.8 Å². The molecule has 28 heavy (non-hydrogen) atoms. The highest BCUT2D eigenvalue weighted by Crippen LogP contribution is 2.15. The van der Waals surface area contributed by atoms with Crippen molar-refractivity contribution in [3.8, 4) is 0 Å². The molecule has 0 bridgehead atoms. The standard InChI is InChI=1S/C21H25N3O4/c1-2-28-14-8-13-22-20(26)21(27)24-18-12-7-6-11-17(18)19(25)23-15-16-9-4-3-5-10-16/h3-7,9-12H,2,8,13-15H2,1H3,(H,22,26)(H,23,25)(H,24,27). The summed E-state index contributed by atoms with van der Waals surface area (Å²) in [6.45, 7) is 3.72. The first-order chi connectivity index (χ1) is 13.6. The van der Waals surface area contributed by atoms with Crippen molar-refractivity contribution in [2.24, 2.45) is 0 Å². The van der Waals surface area contributed by atoms with E-state index in [9.17, 15) is 14.4 Å². The summed E-state index contributed by atoms with van der Waals surface area (Å²) >= 11 is 0. The predicted molar refractivity (Wildman–Crippen MR) is 107 cm³/mol. The molecule has 0 fully saturated rings. The lowest BCUT2D eigenvalue weighted by Gasteiger charge is -2.11. The Kier molecular flexibility index (Phi) is 8.68. The third-order valence-corrected chi connectivity index (χ3v) is 3.88. The van der Waals surface area contributed by atoms with Gasteiger partial charge in [0.05, 0.1) is 11.3 Å². The third kappa shape index (κ3) is 6.85. The SMILES string of the molecule is CCOCCCNC(=O)C(=O)Nc1ccccc1C(=O)NCc1ccccc1. The Labute approximate surface area is 164 Å². The molecule has 0 unspecified atom stereocenters. The Morgan fingerprint density at radius 3 is 2.36 bits per heavy atom. The number of benzene rings is 2. The Bertz CT molecular complexity index is 793. The summed E-state index contributed by atoms with van der Waals surface area (Å²) in [4.78, 5) is 36.5. The first-order valence-corrected chi connectivity index (χ1v) is 9.20. The number of amides is 3. The summed E-state index contributed by atoms with van der Waals surface area (Å²) in [5.74, 6) is -1.91. The third-order valence-electron chi connectivity index (χ3n) is 3.88. The van der Waals surface area contributed by atoms with Gasteiger partial charge in [-0.1, -0.05) is 42.5 Å². The average molecular weight is 383 g/mol. The van der Waals surface area contributed by atoms with E-state index in [-0.39, 0.29) is 17.2 Å². The molecule has 0 saturated carbocycles. The monoisotopic (exact) mass is 383 g/mol. The minimum atomic E-state index is -0.820. The summed E-state index contributed by atoms with van der Waals surface area (Å²) in [7, 11) is 0. The summed E-state index contributed by atoms with van der Waals surface area (Å²) in [5, 5.41) is 7.83. The van der Waals surface area contributed by atoms with Crippen LogP contribution in [-0.2, 0) is 20.9 Å². The van der Waals surface area contributed by atoms with Crippen molar-refractivity contribution < 1.29 is 19.1 Å². The lowest BCUT2D eigenvalue weighted by Crippen LogP contribution is -2.36. The zero-order chi connectivity index (χ0) is 20.2. The molecule has 0 radical (unpaired) electrons. The molecule has 0 aliphatic carbocycles. The number of carbonyl (C=O) groups is 3. The molecule has 3 N–H and O–H groups in total. The molecule has 0 heterocycles. The number of hydrogen-bond donors (Lipinski definition) is 3. The van der Waals surface area contributed by atoms with Crippen molar-refractivity contribution in [2.75, 3.05) is 25.1 Å². The van der Waals surface area contributed by atoms with Gasteiger partial charge in [0.15, 0.2) is 0 Å². The number of hydrogen-bond acceptors (Lipinski definition) is 4. The summed E-state index contributed by atoms with van der Waals surface area (Å²) < 4.78 is 5.17. The molecule has 0 aliphatic rings. The van der Waals surface area contributed by atoms with Crippen molar-refractivity contribution >= 4 is 23.4 Å². The van der Waals surface area contributed by atoms with Crippen LogP contribution < -0.4 is 16.0 Å². The quantitative estimate of drug-likeness (QED) is 0.456. The van der Waals surface area contributed by atoms with Crippen molar-refractivity contribution in [1.29, 1.82) is 0 Å². The summed E-state index contributed by atoms with van der Waals surface area (Å²) in [6, 6.07) is 16.1. The fourth-order valence-electron chi connectivity index (χ4n) is 2.44. The van der Waals surface area contributed by atoms with Gasteiger partial charge in [0.25, 0.3) is 5.91 Å². The number of ether oxygens (including phenoxy) is 1. The highest BCUT2D eigenvalue weighted by atomic mass is 16.5. The Morgan fingerprint density at radius 1 is 0.893 bits per heavy atom. The van der Waals surface area contributed by atoms with Crippen LogP contribution in [-0.4, -0.2) is 37.5 Å². The van der Waals surface area contributed by atoms with Crippen LogP contribution >= 0.6 is 0 Å². The molecular weight excluding hydrogens is 358 g/mol. The van der Waals surface area contributed by atoms with Crippen LogP contribution in [0.2, 0.25) is 0 Å². The van der Waals surface area contributed by atoms with E-state index in [1.54, 1.807) is 24.3 Å². The Balaban J connectivity index is 1.90. The number of carbonyl (C=O) groups excluding carboxylic acids is 3. The number of rotatable bonds is 9. The van der Waals surface area contributed by atoms with Crippen LogP contribution in [0.3, 0.4) is 0 Å². The van der Waals surface area contributed by atoms with Gasteiger partial charge < -0.3 is 20.7 Å². The maximum absolute atomic E-state index is 12.5. The first-order valence-electron chi connectivity index (χ1n) is 9.20. The summed E-state index contributed by atoms with van der Waals surface area (Å²) in [5.41, 5.74) is 1.53. The maximum Gasteiger partial charge on any atom is 0.313 e. The molecule has 3 amide bonds. The molecule has 7 nitrogen and oxygen atoms in total. The molecular formula is C21H25N3O4. The van der Waals surface area contributed by atoms with Crippen LogP contribution in [0.4, 0.5) is 5.69 Å². The lowest BCUT2D eigenvalue weighted by molar-refractivity contribution is -0.136. The van der Waals surface area contributed by atoms with Crippen LogP contribution in [0.5, 0.6) is 0 Å². The predicted octanol–water partition coefficient (Wildman–Crippen LogP) is 2.10. The molecule has 0 atom stereocenters. The highest BCUT2D eigenvalue weighted by Gasteiger charge is 2.17. The van der Waals surface area contributed by atoms with Crippen molar-refractivity contribution in [2.45, 2.75) is 19.9 Å². The second-order valence-electron chi connectivity index (χ2n) is 5.97. The Hall–Kier alpha value is -3.19. The molecule has 148 valence electrons. The molecule has 0 spiro atoms. The minimum absolute atomic E-state index is 0.280. The molecule has 0 aromatic heterocycles. The minimum Gasteiger partial charge on any atom is -0.382 e. The van der Waals surface area contributed by atoms with Gasteiger partial charge in [-0.3, -0.25) is 14.4 Å². The normalized spacial score (nSPS) is 10.2. The van der Waals surface area contributed by atoms with Crippen molar-refractivity contribution in [3.05, 3.63) is 65.7 Å². The molecule has 2 aromatic rings. The fraction of sp³-hybridized carbons (Fsp3) is 0.286. The second-order valence-corrected chi connectivity index (χ2v) is 5.97. The van der Waals surface area contributed by atoms with E-state index in [0.717, 1.165) is 5.56 Å². The second kappa shape index (κ2) is 11.5. The van der Waals surface area contributed by atoms with E-state index in [1.165, 1.54) is 0 Å². The molecule has 0 aliphatic heterocycles. The van der Waals surface area contributed by atoms with Gasteiger partial charge in [0, 0.05) is 26.3 Å². The van der Waals surface area contributed by atoms with Gasteiger partial charge in [-0.25, -0.2) is 0 Å². The van der Waals surface area contributed by atoms with Gasteiger partial charge in [-0.15, -0.1) is 0 Å². The van der Waals surface area contributed by atoms with Crippen molar-refractivity contribution in [3.63, 3.8) is 0 Å². The van der Waals surface area contributed by atoms with E-state index in [2.05, 4.69) is 16.0 Å². The van der Waals surface area contributed by atoms with Gasteiger partial charge in [-0.2, -0.15) is 0 Å². The van der Waals surface area contributed by atoms with Crippen LogP contribution in [0.15, 0.2) is 54.6 Å². The molecule has 2 aromatic carbocycles. The number of para-hydroxylation sites is 1. The smallest absolute Gasteiger partial charge is 0.313 e. The number of nitrogens with one attached hydrogen (secondary N) is 3. The largest absolute Gasteiger partial charge is 0.382 e. The zero-order valence-electron chi connectivity index (χ0n) is 15.9. The van der Waals surface area contributed by atoms with E-state index in [4.69, 9.17) is 4.74 Å². The maximum atomic E-state index is 12.5. The lowest BCUT2D eigenvalue weighted by atomic mass is 10.1.